The van der Waals surface area contributed by atoms with E-state index in [-0.39, 0.29) is 12.1 Å². The van der Waals surface area contributed by atoms with Crippen LogP contribution in [0.1, 0.15) is 45.2 Å². The highest BCUT2D eigenvalue weighted by molar-refractivity contribution is 5.88. The summed E-state index contributed by atoms with van der Waals surface area (Å²) in [6, 6.07) is 12.7. The van der Waals surface area contributed by atoms with Crippen molar-refractivity contribution in [3.05, 3.63) is 54.5 Å². The number of pyridine rings is 1. The van der Waals surface area contributed by atoms with Crippen LogP contribution in [0, 0.1) is 6.92 Å². The van der Waals surface area contributed by atoms with Crippen molar-refractivity contribution in [3.8, 4) is 17.1 Å². The van der Waals surface area contributed by atoms with Crippen molar-refractivity contribution in [2.45, 2.75) is 52.2 Å². The van der Waals surface area contributed by atoms with Crippen molar-refractivity contribution < 1.29 is 14.3 Å². The number of hydrogen-bond acceptors (Lipinski definition) is 7. The van der Waals surface area contributed by atoms with Gasteiger partial charge in [0.05, 0.1) is 30.9 Å². The zero-order valence-corrected chi connectivity index (χ0v) is 23.7. The highest BCUT2D eigenvalue weighted by Gasteiger charge is 2.29. The maximum atomic E-state index is 12.6. The van der Waals surface area contributed by atoms with Crippen LogP contribution in [0.25, 0.3) is 28.2 Å². The van der Waals surface area contributed by atoms with E-state index < -0.39 is 5.60 Å². The number of hydrogen-bond donors (Lipinski definition) is 0. The SMILES string of the molecule is Cc1cccc(-c2ccn(-c3cc(N4CCOCC4)c4ncn(C5CCN(C(=O)OC(C)(C)C)CC5)c4n3)n2)c1. The Labute approximate surface area is 234 Å². The second-order valence-electron chi connectivity index (χ2n) is 11.6. The van der Waals surface area contributed by atoms with E-state index in [2.05, 4.69) is 46.7 Å². The molecule has 0 N–H and O–H groups in total. The van der Waals surface area contributed by atoms with Gasteiger partial charge in [0.15, 0.2) is 11.5 Å². The van der Waals surface area contributed by atoms with E-state index in [1.54, 1.807) is 4.90 Å². The summed E-state index contributed by atoms with van der Waals surface area (Å²) in [5.41, 5.74) is 5.44. The average molecular weight is 544 g/mol. The van der Waals surface area contributed by atoms with E-state index >= 15 is 0 Å². The lowest BCUT2D eigenvalue weighted by Gasteiger charge is -2.34. The van der Waals surface area contributed by atoms with Gasteiger partial charge >= 0.3 is 6.09 Å². The number of aryl methyl sites for hydroxylation is 1. The van der Waals surface area contributed by atoms with Gasteiger partial charge in [0.1, 0.15) is 11.1 Å². The molecule has 1 aromatic carbocycles. The van der Waals surface area contributed by atoms with Gasteiger partial charge in [0.2, 0.25) is 0 Å². The first-order valence-electron chi connectivity index (χ1n) is 14.1. The molecule has 2 saturated heterocycles. The Morgan fingerprint density at radius 3 is 2.55 bits per heavy atom. The molecule has 0 atom stereocenters. The number of carbonyl (C=O) groups is 1. The lowest BCUT2D eigenvalue weighted by Crippen LogP contribution is -2.42. The molecule has 6 rings (SSSR count). The molecule has 0 spiro atoms. The molecule has 3 aromatic heterocycles. The molecule has 0 aliphatic carbocycles. The van der Waals surface area contributed by atoms with Crippen LogP contribution < -0.4 is 4.90 Å². The number of morpholine rings is 1. The Hall–Kier alpha value is -3.92. The maximum Gasteiger partial charge on any atom is 0.410 e. The molecular formula is C30H37N7O3. The van der Waals surface area contributed by atoms with Gasteiger partial charge in [-0.25, -0.2) is 19.4 Å². The summed E-state index contributed by atoms with van der Waals surface area (Å²) >= 11 is 0. The van der Waals surface area contributed by atoms with Crippen molar-refractivity contribution in [1.29, 1.82) is 0 Å². The highest BCUT2D eigenvalue weighted by atomic mass is 16.6. The van der Waals surface area contributed by atoms with Crippen LogP contribution >= 0.6 is 0 Å². The molecule has 2 aliphatic heterocycles. The van der Waals surface area contributed by atoms with Crippen LogP contribution in [0.2, 0.25) is 0 Å². The summed E-state index contributed by atoms with van der Waals surface area (Å²) in [5.74, 6) is 0.751. The number of anilines is 1. The second kappa shape index (κ2) is 10.6. The van der Waals surface area contributed by atoms with Crippen LogP contribution in [0.3, 0.4) is 0 Å². The Morgan fingerprint density at radius 1 is 1.05 bits per heavy atom. The van der Waals surface area contributed by atoms with E-state index in [1.165, 1.54) is 5.56 Å². The van der Waals surface area contributed by atoms with Crippen molar-refractivity contribution in [2.75, 3.05) is 44.3 Å². The summed E-state index contributed by atoms with van der Waals surface area (Å²) in [6.45, 7) is 12.0. The normalized spacial score (nSPS) is 17.0. The van der Waals surface area contributed by atoms with Crippen molar-refractivity contribution in [1.82, 2.24) is 29.2 Å². The van der Waals surface area contributed by atoms with E-state index in [1.807, 2.05) is 44.0 Å². The lowest BCUT2D eigenvalue weighted by atomic mass is 10.1. The predicted octanol–water partition coefficient (Wildman–Crippen LogP) is 5.00. The predicted molar refractivity (Wildman–Crippen MR) is 154 cm³/mol. The van der Waals surface area contributed by atoms with E-state index in [4.69, 9.17) is 24.5 Å². The molecule has 0 radical (unpaired) electrons. The van der Waals surface area contributed by atoms with Crippen LogP contribution in [0.5, 0.6) is 0 Å². The third kappa shape index (κ3) is 5.40. The lowest BCUT2D eigenvalue weighted by molar-refractivity contribution is 0.0189. The number of amides is 1. The summed E-state index contributed by atoms with van der Waals surface area (Å²) < 4.78 is 15.3. The third-order valence-corrected chi connectivity index (χ3v) is 7.50. The summed E-state index contributed by atoms with van der Waals surface area (Å²) in [4.78, 5) is 26.7. The Kier molecular flexibility index (Phi) is 6.95. The summed E-state index contributed by atoms with van der Waals surface area (Å²) in [7, 11) is 0. The van der Waals surface area contributed by atoms with Crippen molar-refractivity contribution in [2.24, 2.45) is 0 Å². The minimum atomic E-state index is -0.504. The fourth-order valence-corrected chi connectivity index (χ4v) is 5.47. The first-order valence-corrected chi connectivity index (χ1v) is 14.1. The van der Waals surface area contributed by atoms with Crippen LogP contribution in [-0.2, 0) is 9.47 Å². The quantitative estimate of drug-likeness (QED) is 0.358. The number of likely N-dealkylation sites (tertiary alicyclic amines) is 1. The number of rotatable bonds is 4. The number of nitrogens with zero attached hydrogens (tertiary/aromatic N) is 7. The zero-order valence-electron chi connectivity index (χ0n) is 23.7. The summed E-state index contributed by atoms with van der Waals surface area (Å²) in [6.07, 6.45) is 5.24. The van der Waals surface area contributed by atoms with Gasteiger partial charge in [-0.1, -0.05) is 23.8 Å². The van der Waals surface area contributed by atoms with Gasteiger partial charge in [-0.2, -0.15) is 5.10 Å². The van der Waals surface area contributed by atoms with Gasteiger partial charge in [-0.15, -0.1) is 0 Å². The maximum absolute atomic E-state index is 12.6. The number of fused-ring (bicyclic) bond motifs is 1. The van der Waals surface area contributed by atoms with Gasteiger partial charge in [0.25, 0.3) is 0 Å². The molecule has 0 saturated carbocycles. The van der Waals surface area contributed by atoms with Gasteiger partial charge in [0, 0.05) is 50.0 Å². The number of benzene rings is 1. The smallest absolute Gasteiger partial charge is 0.410 e. The van der Waals surface area contributed by atoms with Gasteiger partial charge < -0.3 is 23.8 Å². The first kappa shape index (κ1) is 26.3. The molecule has 10 nitrogen and oxygen atoms in total. The van der Waals surface area contributed by atoms with Crippen LogP contribution in [-0.4, -0.2) is 80.3 Å². The number of carbonyl (C=O) groups excluding carboxylic acids is 1. The van der Waals surface area contributed by atoms with Crippen molar-refractivity contribution in [3.63, 3.8) is 0 Å². The molecule has 10 heteroatoms. The Morgan fingerprint density at radius 2 is 1.82 bits per heavy atom. The molecule has 2 fully saturated rings. The summed E-state index contributed by atoms with van der Waals surface area (Å²) in [5, 5.41) is 4.89. The molecule has 0 bridgehead atoms. The largest absolute Gasteiger partial charge is 0.444 e. The Balaban J connectivity index is 1.33. The average Bonchev–Trinajstić information content (AvgIpc) is 3.60. The standard InChI is InChI=1S/C30H37N7O3/c1-21-6-5-7-22(18-21)24-10-13-37(33-24)26-19-25(34-14-16-39-17-15-34)27-28(32-26)36(20-31-27)23-8-11-35(12-9-23)29(38)40-30(2,3)4/h5-7,10,13,18-20,23H,8-9,11-12,14-17H2,1-4H3. The van der Waals surface area contributed by atoms with E-state index in [0.717, 1.165) is 59.9 Å². The Bertz CT molecular complexity index is 1510. The number of piperidine rings is 1. The number of imidazole rings is 1. The van der Waals surface area contributed by atoms with E-state index in [0.29, 0.717) is 26.3 Å². The topological polar surface area (TPSA) is 90.5 Å². The first-order chi connectivity index (χ1) is 19.2. The second-order valence-corrected chi connectivity index (χ2v) is 11.6. The van der Waals surface area contributed by atoms with Crippen LogP contribution in [0.15, 0.2) is 48.9 Å². The molecular weight excluding hydrogens is 506 g/mol. The molecule has 2 aliphatic rings. The minimum absolute atomic E-state index is 0.185. The monoisotopic (exact) mass is 543 g/mol. The van der Waals surface area contributed by atoms with Crippen molar-refractivity contribution >= 4 is 22.9 Å². The van der Waals surface area contributed by atoms with Gasteiger partial charge in [-0.3, -0.25) is 0 Å². The molecule has 5 heterocycles. The molecule has 40 heavy (non-hydrogen) atoms. The number of aromatic nitrogens is 5. The molecule has 1 amide bonds. The minimum Gasteiger partial charge on any atom is -0.444 e. The zero-order chi connectivity index (χ0) is 27.9. The van der Waals surface area contributed by atoms with Crippen LogP contribution in [0.4, 0.5) is 10.5 Å². The number of ether oxygens (including phenoxy) is 2. The fourth-order valence-electron chi connectivity index (χ4n) is 5.47. The molecule has 4 aromatic rings. The van der Waals surface area contributed by atoms with E-state index in [9.17, 15) is 4.79 Å². The highest BCUT2D eigenvalue weighted by Crippen LogP contribution is 2.33. The molecule has 210 valence electrons. The fraction of sp³-hybridized carbons (Fsp3) is 0.467. The third-order valence-electron chi connectivity index (χ3n) is 7.50. The van der Waals surface area contributed by atoms with Gasteiger partial charge in [-0.05, 0) is 52.7 Å². The molecule has 0 unspecified atom stereocenters.